The van der Waals surface area contributed by atoms with Gasteiger partial charge in [-0.2, -0.15) is 0 Å². The maximum atomic E-state index is 11.6. The molecule has 1 aliphatic heterocycles. The summed E-state index contributed by atoms with van der Waals surface area (Å²) in [6.07, 6.45) is 3.70. The maximum Gasteiger partial charge on any atom is 0.306 e. The molecule has 1 radical (unpaired) electrons. The van der Waals surface area contributed by atoms with Crippen molar-refractivity contribution in [2.75, 3.05) is 32.7 Å². The molecule has 0 amide bonds. The summed E-state index contributed by atoms with van der Waals surface area (Å²) in [6, 6.07) is 9.81. The standard InChI is InChI=1S/C17H25N2O2/c20-17(21-15-16-7-3-1-4-8-16)9-5-2-6-12-19-13-10-18-11-14-19/h1,3-4,7-8H,2,5-6,9-15H2. The molecular weight excluding hydrogens is 264 g/mol. The van der Waals surface area contributed by atoms with Crippen molar-refractivity contribution in [1.29, 1.82) is 0 Å². The fourth-order valence-corrected chi connectivity index (χ4v) is 2.46. The van der Waals surface area contributed by atoms with Crippen molar-refractivity contribution in [3.05, 3.63) is 35.9 Å². The number of nitrogens with zero attached hydrogens (tertiary/aromatic N) is 2. The van der Waals surface area contributed by atoms with E-state index in [0.717, 1.165) is 57.5 Å². The van der Waals surface area contributed by atoms with Gasteiger partial charge in [0.05, 0.1) is 0 Å². The van der Waals surface area contributed by atoms with E-state index < -0.39 is 0 Å². The van der Waals surface area contributed by atoms with E-state index in [2.05, 4.69) is 10.2 Å². The molecule has 4 nitrogen and oxygen atoms in total. The second kappa shape index (κ2) is 9.53. The lowest BCUT2D eigenvalue weighted by Crippen LogP contribution is -2.40. The first-order chi connectivity index (χ1) is 10.3. The number of ether oxygens (including phenoxy) is 1. The molecule has 1 fully saturated rings. The number of hydrogen-bond donors (Lipinski definition) is 0. The molecule has 0 spiro atoms. The molecule has 0 aliphatic carbocycles. The number of unbranched alkanes of at least 4 members (excludes halogenated alkanes) is 2. The van der Waals surface area contributed by atoms with E-state index in [0.29, 0.717) is 13.0 Å². The second-order valence-corrected chi connectivity index (χ2v) is 5.47. The van der Waals surface area contributed by atoms with Gasteiger partial charge in [-0.25, -0.2) is 5.32 Å². The Kier molecular flexibility index (Phi) is 7.25. The van der Waals surface area contributed by atoms with E-state index in [1.54, 1.807) is 0 Å². The fourth-order valence-electron chi connectivity index (χ4n) is 2.46. The summed E-state index contributed by atoms with van der Waals surface area (Å²) in [7, 11) is 0. The maximum absolute atomic E-state index is 11.6. The highest BCUT2D eigenvalue weighted by atomic mass is 16.5. The lowest BCUT2D eigenvalue weighted by molar-refractivity contribution is -0.145. The van der Waals surface area contributed by atoms with Crippen LogP contribution in [0.1, 0.15) is 31.2 Å². The van der Waals surface area contributed by atoms with Crippen LogP contribution in [0.15, 0.2) is 30.3 Å². The van der Waals surface area contributed by atoms with Crippen molar-refractivity contribution in [3.8, 4) is 0 Å². The smallest absolute Gasteiger partial charge is 0.306 e. The first kappa shape index (κ1) is 16.0. The van der Waals surface area contributed by atoms with Crippen molar-refractivity contribution in [2.45, 2.75) is 32.3 Å². The van der Waals surface area contributed by atoms with Crippen LogP contribution in [0, 0.1) is 0 Å². The molecule has 0 saturated carbocycles. The minimum Gasteiger partial charge on any atom is -0.461 e. The molecule has 21 heavy (non-hydrogen) atoms. The molecule has 0 atom stereocenters. The monoisotopic (exact) mass is 289 g/mol. The average Bonchev–Trinajstić information content (AvgIpc) is 2.54. The molecule has 1 aromatic rings. The molecule has 1 saturated heterocycles. The number of rotatable bonds is 8. The van der Waals surface area contributed by atoms with E-state index >= 15 is 0 Å². The summed E-state index contributed by atoms with van der Waals surface area (Å²) >= 11 is 0. The highest BCUT2D eigenvalue weighted by Gasteiger charge is 2.09. The van der Waals surface area contributed by atoms with Crippen molar-refractivity contribution in [2.24, 2.45) is 0 Å². The van der Waals surface area contributed by atoms with Crippen LogP contribution in [0.25, 0.3) is 0 Å². The van der Waals surface area contributed by atoms with Crippen LogP contribution < -0.4 is 5.32 Å². The summed E-state index contributed by atoms with van der Waals surface area (Å²) < 4.78 is 5.26. The Labute approximate surface area is 127 Å². The van der Waals surface area contributed by atoms with Gasteiger partial charge in [0, 0.05) is 32.6 Å². The van der Waals surface area contributed by atoms with Gasteiger partial charge in [-0.1, -0.05) is 36.8 Å². The van der Waals surface area contributed by atoms with Crippen LogP contribution in [0.4, 0.5) is 0 Å². The zero-order valence-corrected chi connectivity index (χ0v) is 12.7. The van der Waals surface area contributed by atoms with Crippen LogP contribution in [-0.2, 0) is 16.1 Å². The lowest BCUT2D eigenvalue weighted by Gasteiger charge is -2.25. The average molecular weight is 289 g/mol. The first-order valence-corrected chi connectivity index (χ1v) is 7.90. The predicted octanol–water partition coefficient (Wildman–Crippen LogP) is 2.21. The summed E-state index contributed by atoms with van der Waals surface area (Å²) in [5.74, 6) is -0.0874. The van der Waals surface area contributed by atoms with Gasteiger partial charge in [-0.3, -0.25) is 4.79 Å². The third kappa shape index (κ3) is 6.74. The number of esters is 1. The molecule has 1 heterocycles. The number of benzene rings is 1. The van der Waals surface area contributed by atoms with Gasteiger partial charge < -0.3 is 9.64 Å². The topological polar surface area (TPSA) is 43.6 Å². The lowest BCUT2D eigenvalue weighted by atomic mass is 10.2. The number of hydrogen-bond acceptors (Lipinski definition) is 3. The largest absolute Gasteiger partial charge is 0.461 e. The molecule has 115 valence electrons. The first-order valence-electron chi connectivity index (χ1n) is 7.90. The van der Waals surface area contributed by atoms with Crippen molar-refractivity contribution in [1.82, 2.24) is 10.2 Å². The van der Waals surface area contributed by atoms with Crippen LogP contribution in [0.3, 0.4) is 0 Å². The summed E-state index contributed by atoms with van der Waals surface area (Å²) in [4.78, 5) is 14.1. The number of carbonyl (C=O) groups excluding carboxylic acids is 1. The molecule has 1 aliphatic rings. The predicted molar refractivity (Wildman–Crippen MR) is 83.0 cm³/mol. The van der Waals surface area contributed by atoms with E-state index in [1.807, 2.05) is 30.3 Å². The van der Waals surface area contributed by atoms with E-state index in [9.17, 15) is 4.79 Å². The van der Waals surface area contributed by atoms with Gasteiger partial charge in [0.2, 0.25) is 0 Å². The Morgan fingerprint density at radius 1 is 1.10 bits per heavy atom. The highest BCUT2D eigenvalue weighted by molar-refractivity contribution is 5.69. The van der Waals surface area contributed by atoms with Gasteiger partial charge in [0.15, 0.2) is 0 Å². The summed E-state index contributed by atoms with van der Waals surface area (Å²) in [5, 5.41) is 4.34. The van der Waals surface area contributed by atoms with Gasteiger partial charge in [-0.05, 0) is 24.9 Å². The molecule has 0 aromatic heterocycles. The SMILES string of the molecule is O=C(CCCCCN1CC[N]CC1)OCc1ccccc1. The van der Waals surface area contributed by atoms with Crippen molar-refractivity contribution in [3.63, 3.8) is 0 Å². The van der Waals surface area contributed by atoms with E-state index in [1.165, 1.54) is 0 Å². The van der Waals surface area contributed by atoms with Crippen molar-refractivity contribution < 1.29 is 9.53 Å². The Hall–Kier alpha value is -1.39. The molecule has 4 heteroatoms. The van der Waals surface area contributed by atoms with Crippen LogP contribution in [0.2, 0.25) is 0 Å². The molecule has 0 bridgehead atoms. The van der Waals surface area contributed by atoms with E-state index in [-0.39, 0.29) is 5.97 Å². The summed E-state index contributed by atoms with van der Waals surface area (Å²) in [5.41, 5.74) is 1.04. The van der Waals surface area contributed by atoms with Gasteiger partial charge >= 0.3 is 5.97 Å². The Balaban J connectivity index is 1.47. The van der Waals surface area contributed by atoms with E-state index in [4.69, 9.17) is 4.74 Å². The van der Waals surface area contributed by atoms with Crippen LogP contribution in [0.5, 0.6) is 0 Å². The number of carbonyl (C=O) groups is 1. The van der Waals surface area contributed by atoms with Crippen molar-refractivity contribution >= 4 is 5.97 Å². The zero-order valence-electron chi connectivity index (χ0n) is 12.7. The van der Waals surface area contributed by atoms with Gasteiger partial charge in [0.1, 0.15) is 6.61 Å². The normalized spacial score (nSPS) is 15.8. The third-order valence-electron chi connectivity index (χ3n) is 3.75. The van der Waals surface area contributed by atoms with Gasteiger partial charge in [-0.15, -0.1) is 0 Å². The molecule has 0 N–H and O–H groups in total. The van der Waals surface area contributed by atoms with Crippen LogP contribution >= 0.6 is 0 Å². The van der Waals surface area contributed by atoms with Crippen LogP contribution in [-0.4, -0.2) is 43.6 Å². The second-order valence-electron chi connectivity index (χ2n) is 5.47. The molecule has 1 aromatic carbocycles. The fraction of sp³-hybridized carbons (Fsp3) is 0.588. The quantitative estimate of drug-likeness (QED) is 0.544. The minimum absolute atomic E-state index is 0.0874. The molecule has 0 unspecified atom stereocenters. The minimum atomic E-state index is -0.0874. The Morgan fingerprint density at radius 3 is 2.62 bits per heavy atom. The van der Waals surface area contributed by atoms with Gasteiger partial charge in [0.25, 0.3) is 0 Å². The molecular formula is C17H25N2O2. The Bertz CT molecular complexity index is 403. The number of piperazine rings is 1. The summed E-state index contributed by atoms with van der Waals surface area (Å²) in [6.45, 7) is 5.67. The highest BCUT2D eigenvalue weighted by Crippen LogP contribution is 2.06. The third-order valence-corrected chi connectivity index (χ3v) is 3.75. The zero-order chi connectivity index (χ0) is 14.8. The molecule has 2 rings (SSSR count). The Morgan fingerprint density at radius 2 is 1.86 bits per heavy atom.